The van der Waals surface area contributed by atoms with Crippen molar-refractivity contribution >= 4 is 68.8 Å². The van der Waals surface area contributed by atoms with Crippen molar-refractivity contribution in [1.29, 1.82) is 0 Å². The summed E-state index contributed by atoms with van der Waals surface area (Å²) in [5.74, 6) is 1.62. The van der Waals surface area contributed by atoms with Gasteiger partial charge in [-0.25, -0.2) is 4.98 Å². The molecule has 3 aliphatic rings. The number of para-hydroxylation sites is 3. The minimum Gasteiger partial charge on any atom is -0.457 e. The zero-order chi connectivity index (χ0) is 65.4. The Labute approximate surface area is 514 Å². The zero-order valence-electron chi connectivity index (χ0n) is 57.6. The van der Waals surface area contributed by atoms with Crippen molar-refractivity contribution in [2.75, 3.05) is 21.4 Å². The zero-order valence-corrected chi connectivity index (χ0v) is 50.6. The molecule has 6 heteroatoms. The predicted molar refractivity (Wildman–Crippen MR) is 361 cm³/mol. The standard InChI is InChI=1S/C79H72N4OSi/c1-52-44-74(80-50-67(52)54-38-40-56(41-39-54)77(2,3)4)83-70-36-23-33-66-65-30-17-20-37-72(65)85(76(66)70,62-28-15-12-16-29-62)73-43-42-61(49-71(73)83)84-60-27-21-26-59(48-60)81-51-82(69-35-19-18-34-68(69)81)75-63(53-24-13-11-14-25-53)31-22-32-64(75)55-45-57(78(5,6)7)47-58(46-55)79(8,9)10/h11-50H,51H2,1-10H3/i1D3,11D,13D,14D,24D,25D. The van der Waals surface area contributed by atoms with Crippen LogP contribution in [0.3, 0.4) is 0 Å². The number of aromatic nitrogens is 1. The van der Waals surface area contributed by atoms with Crippen LogP contribution in [-0.2, 0) is 16.2 Å². The number of rotatable bonds is 9. The first-order valence-corrected chi connectivity index (χ1v) is 31.4. The molecule has 3 aliphatic heterocycles. The molecule has 0 radical (unpaired) electrons. The fourth-order valence-electron chi connectivity index (χ4n) is 13.1. The monoisotopic (exact) mass is 1130 g/mol. The van der Waals surface area contributed by atoms with Gasteiger partial charge in [-0.3, -0.25) is 4.90 Å². The smallest absolute Gasteiger partial charge is 0.185 e. The van der Waals surface area contributed by atoms with Gasteiger partial charge in [0.1, 0.15) is 24.0 Å². The SMILES string of the molecule is [2H]c1c([2H])c([2H])c(-c2cccc(-c3cc(C(C)(C)C)cc(C(C)(C)C)c3)c2N2CN(c3cccc(Oc4ccc5c(c4)N(c4cc(C([2H])([2H])[2H])c(-c6ccc(C(C)(C)C)cc6)cn4)c4cccc6c4[Si]5(c4ccccc4)c4ccccc4-6)c3)c3ccccc32)c([2H])c1[2H]. The number of benzene rings is 10. The molecule has 4 heterocycles. The molecule has 1 unspecified atom stereocenters. The quantitative estimate of drug-likeness (QED) is 0.135. The number of hydrogen-bond donors (Lipinski definition) is 0. The van der Waals surface area contributed by atoms with Crippen LogP contribution in [0.4, 0.5) is 39.9 Å². The minimum absolute atomic E-state index is 0.0857. The minimum atomic E-state index is -3.11. The summed E-state index contributed by atoms with van der Waals surface area (Å²) >= 11 is 0. The van der Waals surface area contributed by atoms with Crippen LogP contribution >= 0.6 is 0 Å². The molecule has 0 N–H and O–H groups in total. The summed E-state index contributed by atoms with van der Waals surface area (Å²) in [6, 6.07) is 69.4. The van der Waals surface area contributed by atoms with Gasteiger partial charge in [-0.1, -0.05) is 244 Å². The van der Waals surface area contributed by atoms with Gasteiger partial charge in [0.2, 0.25) is 0 Å². The van der Waals surface area contributed by atoms with Gasteiger partial charge in [-0.15, -0.1) is 0 Å². The summed E-state index contributed by atoms with van der Waals surface area (Å²) in [7, 11) is -3.11. The number of nitrogens with zero attached hydrogens (tertiary/aromatic N) is 4. The summed E-state index contributed by atoms with van der Waals surface area (Å²) < 4.78 is 79.4. The second kappa shape index (κ2) is 20.2. The van der Waals surface area contributed by atoms with Crippen molar-refractivity contribution < 1.29 is 15.7 Å². The molecular weight excluding hydrogens is 1050 g/mol. The lowest BCUT2D eigenvalue weighted by Gasteiger charge is -2.43. The molecule has 11 aromatic rings. The number of ether oxygens (including phenoxy) is 1. The molecule has 0 spiro atoms. The lowest BCUT2D eigenvalue weighted by molar-refractivity contribution is 0.483. The molecule has 0 aliphatic carbocycles. The summed E-state index contributed by atoms with van der Waals surface area (Å²) in [5, 5.41) is 4.85. The average Bonchev–Trinajstić information content (AvgIpc) is 1.59. The number of hydrogen-bond acceptors (Lipinski definition) is 5. The fourth-order valence-corrected chi connectivity index (χ4v) is 18.6. The molecule has 14 rings (SSSR count). The van der Waals surface area contributed by atoms with Crippen molar-refractivity contribution in [2.45, 2.75) is 85.4 Å². The average molecular weight is 1130 g/mol. The number of fused-ring (bicyclic) bond motifs is 6. The Hall–Kier alpha value is -9.23. The first-order valence-electron chi connectivity index (χ1n) is 33.4. The van der Waals surface area contributed by atoms with Crippen molar-refractivity contribution in [1.82, 2.24) is 4.98 Å². The van der Waals surface area contributed by atoms with E-state index >= 15 is 0 Å². The first-order chi connectivity index (χ1) is 44.2. The molecule has 0 saturated carbocycles. The van der Waals surface area contributed by atoms with E-state index in [0.717, 1.165) is 72.6 Å². The van der Waals surface area contributed by atoms with E-state index in [2.05, 4.69) is 223 Å². The highest BCUT2D eigenvalue weighted by molar-refractivity contribution is 7.23. The van der Waals surface area contributed by atoms with Gasteiger partial charge >= 0.3 is 0 Å². The molecule has 0 saturated heterocycles. The van der Waals surface area contributed by atoms with E-state index < -0.39 is 33.1 Å². The summed E-state index contributed by atoms with van der Waals surface area (Å²) in [5.41, 5.74) is 14.4. The van der Waals surface area contributed by atoms with E-state index in [4.69, 9.17) is 17.9 Å². The molecule has 10 aromatic carbocycles. The Morgan fingerprint density at radius 2 is 1.07 bits per heavy atom. The van der Waals surface area contributed by atoms with Crippen LogP contribution in [0.15, 0.2) is 243 Å². The Bertz CT molecular complexity index is 4780. The Morgan fingerprint density at radius 1 is 0.459 bits per heavy atom. The van der Waals surface area contributed by atoms with E-state index in [9.17, 15) is 2.74 Å². The molecule has 0 fully saturated rings. The van der Waals surface area contributed by atoms with Crippen LogP contribution in [-0.4, -0.2) is 19.7 Å². The maximum absolute atomic E-state index is 9.37. The maximum atomic E-state index is 9.37. The van der Waals surface area contributed by atoms with Crippen molar-refractivity contribution in [3.63, 3.8) is 0 Å². The Morgan fingerprint density at radius 3 is 1.79 bits per heavy atom. The summed E-state index contributed by atoms with van der Waals surface area (Å²) in [6.07, 6.45) is 1.73. The highest BCUT2D eigenvalue weighted by atomic mass is 28.3. The normalized spacial score (nSPS) is 16.6. The van der Waals surface area contributed by atoms with E-state index in [-0.39, 0.29) is 39.5 Å². The van der Waals surface area contributed by atoms with Crippen molar-refractivity contribution in [2.24, 2.45) is 0 Å². The number of aryl methyl sites for hydroxylation is 1. The topological polar surface area (TPSA) is 31.8 Å². The molecule has 1 atom stereocenters. The third-order valence-electron chi connectivity index (χ3n) is 17.4. The molecule has 0 amide bonds. The highest BCUT2D eigenvalue weighted by Gasteiger charge is 2.55. The van der Waals surface area contributed by atoms with Crippen LogP contribution in [0.1, 0.15) is 95.5 Å². The van der Waals surface area contributed by atoms with E-state index in [1.165, 1.54) is 21.1 Å². The predicted octanol–water partition coefficient (Wildman–Crippen LogP) is 18.5. The molecule has 1 aromatic heterocycles. The number of pyridine rings is 1. The molecule has 5 nitrogen and oxygen atoms in total. The Kier molecular flexibility index (Phi) is 10.8. The maximum Gasteiger partial charge on any atom is 0.185 e. The second-order valence-electron chi connectivity index (χ2n) is 25.9. The van der Waals surface area contributed by atoms with Crippen molar-refractivity contribution in [3.8, 4) is 56.0 Å². The summed E-state index contributed by atoms with van der Waals surface area (Å²) in [6.45, 7) is 17.6. The van der Waals surface area contributed by atoms with Crippen LogP contribution in [0, 0.1) is 6.85 Å². The van der Waals surface area contributed by atoms with E-state index in [0.29, 0.717) is 40.8 Å². The molecular formula is C79H72N4OSi. The van der Waals surface area contributed by atoms with Gasteiger partial charge in [0.15, 0.2) is 8.07 Å². The first kappa shape index (κ1) is 45.2. The van der Waals surface area contributed by atoms with Crippen LogP contribution < -0.4 is 40.2 Å². The highest BCUT2D eigenvalue weighted by Crippen LogP contribution is 2.52. The number of anilines is 7. The van der Waals surface area contributed by atoms with E-state index in [1.807, 2.05) is 54.6 Å². The van der Waals surface area contributed by atoms with Gasteiger partial charge in [0.05, 0.1) is 29.6 Å². The van der Waals surface area contributed by atoms with Gasteiger partial charge < -0.3 is 14.5 Å². The fraction of sp³-hybridized carbons (Fsp3) is 0.177. The van der Waals surface area contributed by atoms with E-state index in [1.54, 1.807) is 12.3 Å². The third-order valence-corrected chi connectivity index (χ3v) is 22.4. The Balaban J connectivity index is 0.910. The van der Waals surface area contributed by atoms with Gasteiger partial charge in [0, 0.05) is 50.5 Å². The molecule has 418 valence electrons. The summed E-state index contributed by atoms with van der Waals surface area (Å²) in [4.78, 5) is 11.8. The lowest BCUT2D eigenvalue weighted by Crippen LogP contribution is -2.75. The van der Waals surface area contributed by atoms with Crippen LogP contribution in [0.5, 0.6) is 11.5 Å². The van der Waals surface area contributed by atoms with Gasteiger partial charge in [-0.05, 0) is 136 Å². The third kappa shape index (κ3) is 9.08. The van der Waals surface area contributed by atoms with Crippen LogP contribution in [0.25, 0.3) is 44.5 Å². The van der Waals surface area contributed by atoms with Crippen molar-refractivity contribution in [3.05, 3.63) is 265 Å². The molecule has 0 bridgehead atoms. The molecule has 85 heavy (non-hydrogen) atoms. The lowest BCUT2D eigenvalue weighted by atomic mass is 9.78. The second-order valence-corrected chi connectivity index (χ2v) is 29.5. The largest absolute Gasteiger partial charge is 0.457 e. The van der Waals surface area contributed by atoms with Gasteiger partial charge in [-0.2, -0.15) is 0 Å². The van der Waals surface area contributed by atoms with Gasteiger partial charge in [0.25, 0.3) is 0 Å². The van der Waals surface area contributed by atoms with Crippen LogP contribution in [0.2, 0.25) is 0 Å².